The third-order valence-corrected chi connectivity index (χ3v) is 6.06. The minimum atomic E-state index is -1.22. The fourth-order valence-corrected chi connectivity index (χ4v) is 4.66. The zero-order valence-electron chi connectivity index (χ0n) is 20.0. The summed E-state index contributed by atoms with van der Waals surface area (Å²) in [5.41, 5.74) is 5.36. The number of nitrogens with zero attached hydrogens (tertiary/aromatic N) is 2. The third-order valence-electron chi connectivity index (χ3n) is 6.06. The fourth-order valence-electron chi connectivity index (χ4n) is 4.66. The molecule has 0 bridgehead atoms. The van der Waals surface area contributed by atoms with Crippen LogP contribution in [-0.2, 0) is 0 Å². The van der Waals surface area contributed by atoms with Gasteiger partial charge in [0.05, 0.1) is 0 Å². The van der Waals surface area contributed by atoms with Gasteiger partial charge in [-0.3, -0.25) is 4.99 Å². The fraction of sp³-hybridized carbons (Fsp3) is 0.138. The Hall–Kier alpha value is -3.79. The van der Waals surface area contributed by atoms with Crippen molar-refractivity contribution in [2.75, 3.05) is 28.2 Å². The molecule has 4 rings (SSSR count). The topological polar surface area (TPSA) is 27.6 Å². The maximum absolute atomic E-state index is 3.94. The first kappa shape index (κ1) is 23.9. The summed E-state index contributed by atoms with van der Waals surface area (Å²) < 4.78 is 0. The van der Waals surface area contributed by atoms with Crippen LogP contribution in [0.5, 0.6) is 0 Å². The lowest BCUT2D eigenvalue weighted by Gasteiger charge is -2.44. The Balaban J connectivity index is 0.000000331. The van der Waals surface area contributed by atoms with Gasteiger partial charge in [0.1, 0.15) is 6.15 Å². The molecule has 0 aliphatic rings. The van der Waals surface area contributed by atoms with E-state index in [1.165, 1.54) is 21.9 Å². The highest BCUT2D eigenvalue weighted by atomic mass is 15.2. The molecule has 0 saturated heterocycles. The van der Waals surface area contributed by atoms with Crippen LogP contribution in [0.15, 0.2) is 126 Å². The maximum Gasteiger partial charge on any atom is 0.192 e. The smallest absolute Gasteiger partial charge is 0.192 e. The number of benzene rings is 4. The number of nitrogens with one attached hydrogen (secondary N) is 1. The molecule has 0 aromatic heterocycles. The van der Waals surface area contributed by atoms with Crippen LogP contribution in [0, 0.1) is 0 Å². The molecule has 4 aromatic carbocycles. The summed E-state index contributed by atoms with van der Waals surface area (Å²) in [7, 11) is 7.49. The van der Waals surface area contributed by atoms with Crippen molar-refractivity contribution in [3.63, 3.8) is 0 Å². The van der Waals surface area contributed by atoms with Gasteiger partial charge in [-0.15, -0.1) is 0 Å². The summed E-state index contributed by atoms with van der Waals surface area (Å²) in [6.45, 7) is 0. The van der Waals surface area contributed by atoms with Gasteiger partial charge in [-0.05, 0) is 0 Å². The molecule has 0 saturated carbocycles. The van der Waals surface area contributed by atoms with Crippen molar-refractivity contribution in [3.05, 3.63) is 121 Å². The normalized spacial score (nSPS) is 11.2. The summed E-state index contributed by atoms with van der Waals surface area (Å²) >= 11 is 0. The van der Waals surface area contributed by atoms with Crippen LogP contribution < -0.4 is 27.2 Å². The maximum atomic E-state index is 3.94. The van der Waals surface area contributed by atoms with Gasteiger partial charge >= 0.3 is 0 Å². The predicted octanol–water partition coefficient (Wildman–Crippen LogP) is 2.82. The molecule has 3 nitrogen and oxygen atoms in total. The van der Waals surface area contributed by atoms with E-state index in [1.807, 2.05) is 26.0 Å². The third kappa shape index (κ3) is 5.35. The lowest BCUT2D eigenvalue weighted by atomic mass is 9.13. The molecule has 0 heterocycles. The molecule has 0 unspecified atom stereocenters. The van der Waals surface area contributed by atoms with E-state index in [0.717, 1.165) is 5.96 Å². The average Bonchev–Trinajstić information content (AvgIpc) is 2.88. The number of aliphatic imine (C=N–C) groups is 1. The molecular weight excluding hydrogens is 401 g/mol. The minimum absolute atomic E-state index is 0.894. The highest BCUT2D eigenvalue weighted by Crippen LogP contribution is 2.09. The zero-order valence-corrected chi connectivity index (χ0v) is 20.0. The highest BCUT2D eigenvalue weighted by molar-refractivity contribution is 7.19. The van der Waals surface area contributed by atoms with Crippen molar-refractivity contribution in [1.29, 1.82) is 0 Å². The molecule has 0 spiro atoms. The van der Waals surface area contributed by atoms with Gasteiger partial charge in [0.2, 0.25) is 0 Å². The number of hydrogen-bond acceptors (Lipinski definition) is 1. The second kappa shape index (κ2) is 11.7. The quantitative estimate of drug-likeness (QED) is 0.304. The summed E-state index contributed by atoms with van der Waals surface area (Å²) in [4.78, 5) is 5.85. The lowest BCUT2D eigenvalue weighted by Crippen LogP contribution is -2.74. The molecule has 1 N–H and O–H groups in total. The van der Waals surface area contributed by atoms with E-state index in [4.69, 9.17) is 0 Å². The van der Waals surface area contributed by atoms with E-state index in [1.54, 1.807) is 7.05 Å². The summed E-state index contributed by atoms with van der Waals surface area (Å²) in [6, 6.07) is 43.5. The molecule has 0 aliphatic heterocycles. The van der Waals surface area contributed by atoms with E-state index in [0.29, 0.717) is 0 Å². The van der Waals surface area contributed by atoms with Gasteiger partial charge in [-0.25, -0.2) is 0 Å². The van der Waals surface area contributed by atoms with Crippen LogP contribution in [0.2, 0.25) is 0 Å². The minimum Gasteiger partial charge on any atom is -0.359 e. The van der Waals surface area contributed by atoms with Gasteiger partial charge in [0, 0.05) is 28.2 Å². The van der Waals surface area contributed by atoms with Crippen molar-refractivity contribution in [1.82, 2.24) is 10.2 Å². The Morgan fingerprint density at radius 1 is 0.576 bits per heavy atom. The molecule has 0 aliphatic carbocycles. The van der Waals surface area contributed by atoms with Crippen molar-refractivity contribution < 1.29 is 0 Å². The first-order chi connectivity index (χ1) is 16.1. The van der Waals surface area contributed by atoms with E-state index >= 15 is 0 Å². The van der Waals surface area contributed by atoms with Gasteiger partial charge in [0.25, 0.3) is 0 Å². The first-order valence-corrected chi connectivity index (χ1v) is 11.3. The highest BCUT2D eigenvalue weighted by Gasteiger charge is 2.30. The molecule has 0 atom stereocenters. The first-order valence-electron chi connectivity index (χ1n) is 11.3. The molecular formula is C29H33BN3-. The molecule has 4 aromatic rings. The molecule has 33 heavy (non-hydrogen) atoms. The lowest BCUT2D eigenvalue weighted by molar-refractivity contribution is 0.596. The molecule has 0 amide bonds. The molecule has 0 radical (unpaired) electrons. The van der Waals surface area contributed by atoms with Crippen LogP contribution in [0.4, 0.5) is 0 Å². The predicted molar refractivity (Wildman–Crippen MR) is 146 cm³/mol. The standard InChI is InChI=1S/C24H20B.C5H13N3/c1-5-13-21(14-6-1)25(22-15-7-2-8-16-22,23-17-9-3-10-18-23)24-19-11-4-12-20-24;1-6-5(7-2)8(3)4/h1-20H;1-4H3,(H,6,7)/q-1;. The largest absolute Gasteiger partial charge is 0.359 e. The van der Waals surface area contributed by atoms with Gasteiger partial charge in [-0.2, -0.15) is 21.9 Å². The van der Waals surface area contributed by atoms with Crippen molar-refractivity contribution in [2.24, 2.45) is 4.99 Å². The zero-order chi connectivity index (χ0) is 23.5. The van der Waals surface area contributed by atoms with E-state index in [9.17, 15) is 0 Å². The van der Waals surface area contributed by atoms with Crippen molar-refractivity contribution in [2.45, 2.75) is 0 Å². The number of rotatable bonds is 4. The summed E-state index contributed by atoms with van der Waals surface area (Å²) in [5.74, 6) is 0.894. The second-order valence-corrected chi connectivity index (χ2v) is 8.20. The van der Waals surface area contributed by atoms with Crippen LogP contribution in [-0.4, -0.2) is 45.2 Å². The van der Waals surface area contributed by atoms with Gasteiger partial charge in [0.15, 0.2) is 5.96 Å². The Bertz CT molecular complexity index is 949. The molecule has 0 fully saturated rings. The number of hydrogen-bond donors (Lipinski definition) is 1. The van der Waals surface area contributed by atoms with Gasteiger partial charge < -0.3 is 10.2 Å². The van der Waals surface area contributed by atoms with E-state index in [-0.39, 0.29) is 0 Å². The Morgan fingerprint density at radius 3 is 1.00 bits per heavy atom. The summed E-state index contributed by atoms with van der Waals surface area (Å²) in [5, 5.41) is 2.93. The second-order valence-electron chi connectivity index (χ2n) is 8.20. The van der Waals surface area contributed by atoms with E-state index < -0.39 is 6.15 Å². The van der Waals surface area contributed by atoms with Crippen LogP contribution in [0.1, 0.15) is 0 Å². The van der Waals surface area contributed by atoms with Crippen LogP contribution in [0.3, 0.4) is 0 Å². The SMILES string of the molecule is CN=C(NC)N(C)C.c1ccc([B-](c2ccccc2)(c2ccccc2)c2ccccc2)cc1. The summed E-state index contributed by atoms with van der Waals surface area (Å²) in [6.07, 6.45) is -1.22. The van der Waals surface area contributed by atoms with Gasteiger partial charge in [-0.1, -0.05) is 121 Å². The Morgan fingerprint density at radius 2 is 0.848 bits per heavy atom. The van der Waals surface area contributed by atoms with Crippen molar-refractivity contribution in [3.8, 4) is 0 Å². The van der Waals surface area contributed by atoms with Crippen LogP contribution in [0.25, 0.3) is 0 Å². The Labute approximate surface area is 198 Å². The average molecular weight is 434 g/mol. The monoisotopic (exact) mass is 434 g/mol. The molecule has 168 valence electrons. The number of guanidine groups is 1. The molecule has 4 heteroatoms. The Kier molecular flexibility index (Phi) is 8.48. The van der Waals surface area contributed by atoms with Crippen LogP contribution >= 0.6 is 0 Å². The van der Waals surface area contributed by atoms with Crippen molar-refractivity contribution >= 4 is 34.0 Å². The van der Waals surface area contributed by atoms with E-state index in [2.05, 4.69) is 132 Å².